The molecular weight excluding hydrogens is 260 g/mol. The molecular formula is C14H18N2O4. The Bertz CT molecular complexity index is 550. The van der Waals surface area contributed by atoms with E-state index < -0.39 is 10.9 Å². The summed E-state index contributed by atoms with van der Waals surface area (Å²) in [6.45, 7) is 3.55. The number of hydrogen-bond donors (Lipinski definition) is 0. The van der Waals surface area contributed by atoms with Gasteiger partial charge in [-0.1, -0.05) is 0 Å². The van der Waals surface area contributed by atoms with Crippen LogP contribution < -0.4 is 4.90 Å². The highest BCUT2D eigenvalue weighted by Gasteiger charge is 2.15. The summed E-state index contributed by atoms with van der Waals surface area (Å²) in [5, 5.41) is 11.1. The number of rotatable bonds is 5. The second kappa shape index (κ2) is 6.70. The highest BCUT2D eigenvalue weighted by molar-refractivity contribution is 5.93. The number of ether oxygens (including phenoxy) is 1. The molecule has 0 radical (unpaired) electrons. The van der Waals surface area contributed by atoms with E-state index in [1.54, 1.807) is 45.0 Å². The Hall–Kier alpha value is -2.37. The average molecular weight is 278 g/mol. The summed E-state index contributed by atoms with van der Waals surface area (Å²) in [5.74, 6) is -0.474. The van der Waals surface area contributed by atoms with Crippen LogP contribution >= 0.6 is 0 Å². The van der Waals surface area contributed by atoms with Crippen molar-refractivity contribution in [2.45, 2.75) is 13.8 Å². The number of hydrogen-bond acceptors (Lipinski definition) is 5. The maximum Gasteiger partial charge on any atom is 0.333 e. The number of carbonyl (C=O) groups is 1. The molecule has 1 rings (SSSR count). The minimum absolute atomic E-state index is 0.0418. The molecule has 1 aromatic rings. The molecule has 0 saturated carbocycles. The van der Waals surface area contributed by atoms with Crippen LogP contribution in [0.5, 0.6) is 0 Å². The molecule has 0 aliphatic rings. The second-order valence-corrected chi connectivity index (χ2v) is 4.44. The van der Waals surface area contributed by atoms with Crippen LogP contribution in [0.2, 0.25) is 0 Å². The lowest BCUT2D eigenvalue weighted by Gasteiger charge is -2.12. The van der Waals surface area contributed by atoms with Gasteiger partial charge in [0.2, 0.25) is 0 Å². The molecule has 1 aromatic carbocycles. The lowest BCUT2D eigenvalue weighted by Crippen LogP contribution is -2.09. The first-order chi connectivity index (χ1) is 9.36. The fourth-order valence-corrected chi connectivity index (χ4v) is 1.63. The third kappa shape index (κ3) is 3.81. The van der Waals surface area contributed by atoms with E-state index in [1.165, 1.54) is 12.1 Å². The third-order valence-electron chi connectivity index (χ3n) is 2.70. The van der Waals surface area contributed by atoms with Gasteiger partial charge in [-0.05, 0) is 32.1 Å². The zero-order chi connectivity index (χ0) is 15.3. The number of anilines is 1. The van der Waals surface area contributed by atoms with Crippen molar-refractivity contribution >= 4 is 23.4 Å². The molecule has 0 unspecified atom stereocenters. The summed E-state index contributed by atoms with van der Waals surface area (Å²) < 4.78 is 4.85. The molecule has 6 heteroatoms. The van der Waals surface area contributed by atoms with Crippen LogP contribution in [-0.2, 0) is 9.53 Å². The van der Waals surface area contributed by atoms with Gasteiger partial charge in [0.1, 0.15) is 0 Å². The molecule has 0 bridgehead atoms. The highest BCUT2D eigenvalue weighted by atomic mass is 16.6. The maximum atomic E-state index is 11.5. The van der Waals surface area contributed by atoms with Crippen molar-refractivity contribution in [2.24, 2.45) is 0 Å². The Morgan fingerprint density at radius 3 is 2.60 bits per heavy atom. The van der Waals surface area contributed by atoms with E-state index in [4.69, 9.17) is 4.74 Å². The van der Waals surface area contributed by atoms with E-state index in [9.17, 15) is 14.9 Å². The van der Waals surface area contributed by atoms with Crippen LogP contribution in [0.4, 0.5) is 11.4 Å². The van der Waals surface area contributed by atoms with E-state index >= 15 is 0 Å². The predicted octanol–water partition coefficient (Wildman–Crippen LogP) is 2.63. The van der Waals surface area contributed by atoms with Gasteiger partial charge in [-0.15, -0.1) is 0 Å². The summed E-state index contributed by atoms with van der Waals surface area (Å²) in [6.07, 6.45) is 1.47. The Morgan fingerprint density at radius 2 is 2.10 bits per heavy atom. The zero-order valence-electron chi connectivity index (χ0n) is 12.0. The van der Waals surface area contributed by atoms with Gasteiger partial charge in [-0.3, -0.25) is 10.1 Å². The number of esters is 1. The van der Waals surface area contributed by atoms with Gasteiger partial charge in [0.15, 0.2) is 0 Å². The first-order valence-corrected chi connectivity index (χ1v) is 6.18. The molecule has 0 amide bonds. The first kappa shape index (κ1) is 15.7. The van der Waals surface area contributed by atoms with Gasteiger partial charge >= 0.3 is 5.97 Å². The fourth-order valence-electron chi connectivity index (χ4n) is 1.63. The van der Waals surface area contributed by atoms with Crippen molar-refractivity contribution in [1.29, 1.82) is 0 Å². The zero-order valence-corrected chi connectivity index (χ0v) is 12.0. The van der Waals surface area contributed by atoms with Crippen LogP contribution in [0.25, 0.3) is 6.08 Å². The predicted molar refractivity (Wildman–Crippen MR) is 77.7 cm³/mol. The second-order valence-electron chi connectivity index (χ2n) is 4.44. The van der Waals surface area contributed by atoms with Gasteiger partial charge in [0.25, 0.3) is 5.69 Å². The molecule has 0 aliphatic carbocycles. The topological polar surface area (TPSA) is 72.7 Å². The Labute approximate surface area is 117 Å². The summed E-state index contributed by atoms with van der Waals surface area (Å²) in [5.41, 5.74) is 1.39. The largest absolute Gasteiger partial charge is 0.463 e. The molecule has 0 N–H and O–H groups in total. The van der Waals surface area contributed by atoms with Crippen molar-refractivity contribution in [1.82, 2.24) is 0 Å². The minimum Gasteiger partial charge on any atom is -0.463 e. The standard InChI is InChI=1S/C14H18N2O4/c1-5-20-14(17)10(2)8-11-6-7-12(15(3)4)9-13(11)16(18)19/h6-9H,5H2,1-4H3. The Morgan fingerprint density at radius 1 is 1.45 bits per heavy atom. The van der Waals surface area contributed by atoms with Gasteiger partial charge in [0.05, 0.1) is 17.1 Å². The maximum absolute atomic E-state index is 11.5. The molecule has 0 aliphatic heterocycles. The van der Waals surface area contributed by atoms with E-state index in [0.717, 1.165) is 5.69 Å². The van der Waals surface area contributed by atoms with Crippen LogP contribution in [0.1, 0.15) is 19.4 Å². The SMILES string of the molecule is CCOC(=O)C(C)=Cc1ccc(N(C)C)cc1[N+](=O)[O-]. The summed E-state index contributed by atoms with van der Waals surface area (Å²) in [6, 6.07) is 4.86. The number of carbonyl (C=O) groups excluding carboxylic acids is 1. The van der Waals surface area contributed by atoms with E-state index in [1.807, 2.05) is 0 Å². The van der Waals surface area contributed by atoms with Crippen LogP contribution in [0, 0.1) is 10.1 Å². The van der Waals surface area contributed by atoms with Gasteiger partial charge in [-0.25, -0.2) is 4.79 Å². The molecule has 0 atom stereocenters. The lowest BCUT2D eigenvalue weighted by molar-refractivity contribution is -0.385. The van der Waals surface area contributed by atoms with Gasteiger partial charge < -0.3 is 9.64 Å². The third-order valence-corrected chi connectivity index (χ3v) is 2.70. The van der Waals surface area contributed by atoms with Gasteiger partial charge in [0, 0.05) is 31.4 Å². The van der Waals surface area contributed by atoms with Crippen molar-refractivity contribution in [2.75, 3.05) is 25.6 Å². The molecule has 0 aromatic heterocycles. The van der Waals surface area contributed by atoms with Crippen molar-refractivity contribution < 1.29 is 14.5 Å². The van der Waals surface area contributed by atoms with Crippen LogP contribution in [0.3, 0.4) is 0 Å². The molecule has 0 heterocycles. The van der Waals surface area contributed by atoms with E-state index in [0.29, 0.717) is 11.1 Å². The van der Waals surface area contributed by atoms with Gasteiger partial charge in [-0.2, -0.15) is 0 Å². The van der Waals surface area contributed by atoms with Crippen molar-refractivity contribution in [3.05, 3.63) is 39.4 Å². The molecule has 0 spiro atoms. The monoisotopic (exact) mass is 278 g/mol. The van der Waals surface area contributed by atoms with Crippen LogP contribution in [0.15, 0.2) is 23.8 Å². The Balaban J connectivity index is 3.21. The van der Waals surface area contributed by atoms with Crippen LogP contribution in [-0.4, -0.2) is 31.6 Å². The van der Waals surface area contributed by atoms with Crippen molar-refractivity contribution in [3.8, 4) is 0 Å². The summed E-state index contributed by atoms with van der Waals surface area (Å²) >= 11 is 0. The summed E-state index contributed by atoms with van der Waals surface area (Å²) in [7, 11) is 3.61. The smallest absolute Gasteiger partial charge is 0.333 e. The molecule has 0 saturated heterocycles. The minimum atomic E-state index is -0.474. The Kier molecular flexibility index (Phi) is 5.25. The molecule has 108 valence electrons. The number of nitrogens with zero attached hydrogens (tertiary/aromatic N) is 2. The molecule has 20 heavy (non-hydrogen) atoms. The highest BCUT2D eigenvalue weighted by Crippen LogP contribution is 2.26. The van der Waals surface area contributed by atoms with E-state index in [2.05, 4.69) is 0 Å². The average Bonchev–Trinajstić information content (AvgIpc) is 2.38. The number of benzene rings is 1. The van der Waals surface area contributed by atoms with E-state index in [-0.39, 0.29) is 12.3 Å². The molecule has 0 fully saturated rings. The number of nitro groups is 1. The normalized spacial score (nSPS) is 11.1. The van der Waals surface area contributed by atoms with Crippen molar-refractivity contribution in [3.63, 3.8) is 0 Å². The quantitative estimate of drug-likeness (QED) is 0.358. The molecule has 6 nitrogen and oxygen atoms in total. The lowest BCUT2D eigenvalue weighted by atomic mass is 10.1. The fraction of sp³-hybridized carbons (Fsp3) is 0.357. The number of nitro benzene ring substituents is 1. The summed E-state index contributed by atoms with van der Waals surface area (Å²) in [4.78, 5) is 24.0. The first-order valence-electron chi connectivity index (χ1n) is 6.18.